The van der Waals surface area contributed by atoms with E-state index < -0.39 is 0 Å². The quantitative estimate of drug-likeness (QED) is 0.556. The van der Waals surface area contributed by atoms with E-state index >= 15 is 0 Å². The van der Waals surface area contributed by atoms with Crippen LogP contribution in [0.25, 0.3) is 10.9 Å². The minimum absolute atomic E-state index is 0.125. The predicted molar refractivity (Wildman–Crippen MR) is 128 cm³/mol. The van der Waals surface area contributed by atoms with Crippen LogP contribution in [0.5, 0.6) is 0 Å². The number of para-hydroxylation sites is 1. The lowest BCUT2D eigenvalue weighted by Gasteiger charge is -2.31. The molecule has 0 saturated carbocycles. The van der Waals surface area contributed by atoms with Crippen molar-refractivity contribution in [3.63, 3.8) is 0 Å². The summed E-state index contributed by atoms with van der Waals surface area (Å²) < 4.78 is 6.80. The Balaban J connectivity index is 1.96. The molecule has 1 aromatic heterocycles. The van der Waals surface area contributed by atoms with Gasteiger partial charge in [-0.05, 0) is 42.2 Å². The maximum absolute atomic E-state index is 13.3. The first-order valence-electron chi connectivity index (χ1n) is 11.0. The van der Waals surface area contributed by atoms with E-state index in [-0.39, 0.29) is 17.6 Å². The van der Waals surface area contributed by atoms with Crippen LogP contribution in [0.2, 0.25) is 0 Å². The lowest BCUT2D eigenvalue weighted by Crippen LogP contribution is -2.42. The van der Waals surface area contributed by atoms with E-state index in [1.165, 1.54) is 5.56 Å². The van der Waals surface area contributed by atoms with Gasteiger partial charge in [-0.3, -0.25) is 9.36 Å². The fraction of sp³-hybridized carbons (Fsp3) is 0.400. The molecule has 1 unspecified atom stereocenters. The van der Waals surface area contributed by atoms with Gasteiger partial charge in [0.25, 0.3) is 5.56 Å². The van der Waals surface area contributed by atoms with E-state index in [2.05, 4.69) is 19.2 Å². The SMILES string of the molecule is CCC(c1nc2ccccc2c(=O)n1C)N(CCOC)C(=O)Nc1ccc(C(C)C)cc1. The molecule has 0 fully saturated rings. The molecular weight excluding hydrogens is 404 g/mol. The van der Waals surface area contributed by atoms with E-state index in [0.717, 1.165) is 5.69 Å². The van der Waals surface area contributed by atoms with Gasteiger partial charge in [0.1, 0.15) is 5.82 Å². The fourth-order valence-corrected chi connectivity index (χ4v) is 3.81. The summed E-state index contributed by atoms with van der Waals surface area (Å²) in [6, 6.07) is 14.5. The van der Waals surface area contributed by atoms with Crippen LogP contribution in [0.15, 0.2) is 53.3 Å². The molecule has 7 nitrogen and oxygen atoms in total. The largest absolute Gasteiger partial charge is 0.383 e. The third kappa shape index (κ3) is 4.99. The molecule has 0 saturated heterocycles. The highest BCUT2D eigenvalue weighted by molar-refractivity contribution is 5.89. The van der Waals surface area contributed by atoms with Gasteiger partial charge in [-0.25, -0.2) is 9.78 Å². The van der Waals surface area contributed by atoms with Crippen LogP contribution in [0.3, 0.4) is 0 Å². The number of nitrogens with one attached hydrogen (secondary N) is 1. The van der Waals surface area contributed by atoms with Crippen LogP contribution in [0.1, 0.15) is 50.5 Å². The second kappa shape index (κ2) is 10.4. The van der Waals surface area contributed by atoms with Gasteiger partial charge in [-0.1, -0.05) is 45.0 Å². The van der Waals surface area contributed by atoms with Crippen molar-refractivity contribution in [3.05, 3.63) is 70.3 Å². The third-order valence-electron chi connectivity index (χ3n) is 5.70. The highest BCUT2D eigenvalue weighted by atomic mass is 16.5. The zero-order chi connectivity index (χ0) is 23.3. The van der Waals surface area contributed by atoms with Crippen LogP contribution in [0.4, 0.5) is 10.5 Å². The van der Waals surface area contributed by atoms with Crippen molar-refractivity contribution in [2.75, 3.05) is 25.6 Å². The first kappa shape index (κ1) is 23.5. The molecule has 2 aromatic carbocycles. The highest BCUT2D eigenvalue weighted by Crippen LogP contribution is 2.25. The van der Waals surface area contributed by atoms with E-state index in [1.807, 2.05) is 49.4 Å². The number of carbonyl (C=O) groups is 1. The molecule has 2 amide bonds. The zero-order valence-electron chi connectivity index (χ0n) is 19.5. The Morgan fingerprint density at radius 2 is 1.84 bits per heavy atom. The molecule has 0 bridgehead atoms. The van der Waals surface area contributed by atoms with Crippen molar-refractivity contribution in [1.29, 1.82) is 0 Å². The number of hydrogen-bond donors (Lipinski definition) is 1. The molecule has 170 valence electrons. The summed E-state index contributed by atoms with van der Waals surface area (Å²) in [6.07, 6.45) is 0.599. The standard InChI is InChI=1S/C25H32N4O3/c1-6-22(23-27-21-10-8-7-9-20(21)24(30)28(23)4)29(15-16-32-5)25(31)26-19-13-11-18(12-14-19)17(2)3/h7-14,17,22H,6,15-16H2,1-5H3,(H,26,31). The van der Waals surface area contributed by atoms with Gasteiger partial charge in [-0.2, -0.15) is 0 Å². The Kier molecular flexibility index (Phi) is 7.64. The molecule has 0 radical (unpaired) electrons. The van der Waals surface area contributed by atoms with Crippen LogP contribution >= 0.6 is 0 Å². The Morgan fingerprint density at radius 3 is 2.47 bits per heavy atom. The van der Waals surface area contributed by atoms with Crippen LogP contribution in [-0.4, -0.2) is 40.7 Å². The molecular formula is C25H32N4O3. The van der Waals surface area contributed by atoms with E-state index in [9.17, 15) is 9.59 Å². The number of carbonyl (C=O) groups excluding carboxylic acids is 1. The number of benzene rings is 2. The van der Waals surface area contributed by atoms with E-state index in [1.54, 1.807) is 29.7 Å². The predicted octanol–water partition coefficient (Wildman–Crippen LogP) is 4.69. The number of nitrogens with zero attached hydrogens (tertiary/aromatic N) is 3. The number of amides is 2. The number of hydrogen-bond acceptors (Lipinski definition) is 4. The Bertz CT molecular complexity index is 1120. The van der Waals surface area contributed by atoms with Crippen molar-refractivity contribution in [2.24, 2.45) is 7.05 Å². The van der Waals surface area contributed by atoms with Crippen molar-refractivity contribution in [2.45, 2.75) is 39.2 Å². The Hall–Kier alpha value is -3.19. The van der Waals surface area contributed by atoms with Crippen molar-refractivity contribution < 1.29 is 9.53 Å². The number of rotatable bonds is 8. The van der Waals surface area contributed by atoms with Gasteiger partial charge in [0.2, 0.25) is 0 Å². The Morgan fingerprint density at radius 1 is 1.16 bits per heavy atom. The molecule has 0 aliphatic carbocycles. The monoisotopic (exact) mass is 436 g/mol. The normalized spacial score (nSPS) is 12.2. The van der Waals surface area contributed by atoms with Gasteiger partial charge in [-0.15, -0.1) is 0 Å². The van der Waals surface area contributed by atoms with Gasteiger partial charge in [0.05, 0.1) is 23.6 Å². The third-order valence-corrected chi connectivity index (χ3v) is 5.70. The lowest BCUT2D eigenvalue weighted by atomic mass is 10.0. The highest BCUT2D eigenvalue weighted by Gasteiger charge is 2.27. The number of urea groups is 1. The van der Waals surface area contributed by atoms with Crippen LogP contribution in [-0.2, 0) is 11.8 Å². The van der Waals surface area contributed by atoms with Crippen LogP contribution in [0, 0.1) is 0 Å². The van der Waals surface area contributed by atoms with Gasteiger partial charge in [0, 0.05) is 26.4 Å². The summed E-state index contributed by atoms with van der Waals surface area (Å²) >= 11 is 0. The average molecular weight is 437 g/mol. The Labute approximate surface area is 189 Å². The number of anilines is 1. The number of methoxy groups -OCH3 is 1. The molecule has 3 rings (SSSR count). The number of ether oxygens (including phenoxy) is 1. The summed E-state index contributed by atoms with van der Waals surface area (Å²) in [4.78, 5) is 32.7. The van der Waals surface area contributed by atoms with E-state index in [0.29, 0.717) is 42.2 Å². The summed E-state index contributed by atoms with van der Waals surface area (Å²) in [5.41, 5.74) is 2.43. The first-order valence-corrected chi connectivity index (χ1v) is 11.0. The first-order chi connectivity index (χ1) is 15.4. The molecule has 1 N–H and O–H groups in total. The lowest BCUT2D eigenvalue weighted by molar-refractivity contribution is 0.131. The summed E-state index contributed by atoms with van der Waals surface area (Å²) in [7, 11) is 3.31. The fourth-order valence-electron chi connectivity index (χ4n) is 3.81. The summed E-state index contributed by atoms with van der Waals surface area (Å²) in [5.74, 6) is 0.972. The molecule has 1 atom stereocenters. The molecule has 7 heteroatoms. The average Bonchev–Trinajstić information content (AvgIpc) is 2.79. The topological polar surface area (TPSA) is 76.5 Å². The second-order valence-electron chi connectivity index (χ2n) is 8.17. The zero-order valence-corrected chi connectivity index (χ0v) is 19.5. The maximum atomic E-state index is 13.3. The molecule has 0 aliphatic heterocycles. The summed E-state index contributed by atoms with van der Waals surface area (Å²) in [5, 5.41) is 3.55. The van der Waals surface area contributed by atoms with Crippen LogP contribution < -0.4 is 10.9 Å². The molecule has 0 aliphatic rings. The van der Waals surface area contributed by atoms with Gasteiger partial charge in [0.15, 0.2) is 0 Å². The van der Waals surface area contributed by atoms with Crippen molar-refractivity contribution in [1.82, 2.24) is 14.5 Å². The second-order valence-corrected chi connectivity index (χ2v) is 8.17. The molecule has 3 aromatic rings. The van der Waals surface area contributed by atoms with E-state index in [4.69, 9.17) is 9.72 Å². The molecule has 1 heterocycles. The minimum atomic E-state index is -0.387. The van der Waals surface area contributed by atoms with Gasteiger partial charge < -0.3 is 15.0 Å². The maximum Gasteiger partial charge on any atom is 0.322 e. The minimum Gasteiger partial charge on any atom is -0.383 e. The smallest absolute Gasteiger partial charge is 0.322 e. The summed E-state index contributed by atoms with van der Waals surface area (Å²) in [6.45, 7) is 6.99. The number of aromatic nitrogens is 2. The molecule has 32 heavy (non-hydrogen) atoms. The molecule has 0 spiro atoms. The van der Waals surface area contributed by atoms with Gasteiger partial charge >= 0.3 is 6.03 Å². The van der Waals surface area contributed by atoms with Crippen molar-refractivity contribution in [3.8, 4) is 0 Å². The van der Waals surface area contributed by atoms with Crippen molar-refractivity contribution >= 4 is 22.6 Å². The number of fused-ring (bicyclic) bond motifs is 1.